The van der Waals surface area contributed by atoms with Crippen LogP contribution >= 0.6 is 0 Å². The third-order valence-corrected chi connectivity index (χ3v) is 3.89. The van der Waals surface area contributed by atoms with Crippen LogP contribution < -0.4 is 10.1 Å². The van der Waals surface area contributed by atoms with E-state index in [1.807, 2.05) is 60.4 Å². The Kier molecular flexibility index (Phi) is 5.30. The molecule has 0 saturated heterocycles. The Morgan fingerprint density at radius 3 is 2.72 bits per heavy atom. The first kappa shape index (κ1) is 17.0. The summed E-state index contributed by atoms with van der Waals surface area (Å²) < 4.78 is 11.0. The van der Waals surface area contributed by atoms with E-state index in [4.69, 9.17) is 9.15 Å². The number of amides is 1. The number of hydrogen-bond acceptors (Lipinski definition) is 5. The molecule has 0 fully saturated rings. The molecule has 1 aromatic heterocycles. The van der Waals surface area contributed by atoms with Crippen LogP contribution in [-0.2, 0) is 11.3 Å². The predicted molar refractivity (Wildman–Crippen MR) is 96.6 cm³/mol. The Balaban J connectivity index is 1.64. The number of carbonyl (C=O) groups is 1. The molecular weight excluding hydrogens is 318 g/mol. The molecule has 0 aliphatic carbocycles. The molecule has 3 rings (SSSR count). The van der Waals surface area contributed by atoms with Gasteiger partial charge < -0.3 is 14.5 Å². The molecular formula is C19H21N3O3. The van der Waals surface area contributed by atoms with Gasteiger partial charge in [0.1, 0.15) is 11.3 Å². The highest BCUT2D eigenvalue weighted by Crippen LogP contribution is 2.23. The molecule has 1 heterocycles. The molecule has 25 heavy (non-hydrogen) atoms. The lowest BCUT2D eigenvalue weighted by atomic mass is 10.3. The van der Waals surface area contributed by atoms with E-state index in [9.17, 15) is 4.79 Å². The van der Waals surface area contributed by atoms with Gasteiger partial charge in [-0.05, 0) is 30.8 Å². The van der Waals surface area contributed by atoms with E-state index < -0.39 is 0 Å². The van der Waals surface area contributed by atoms with Gasteiger partial charge in [-0.3, -0.25) is 9.69 Å². The maximum absolute atomic E-state index is 12.4. The second kappa shape index (κ2) is 7.81. The average molecular weight is 339 g/mol. The highest BCUT2D eigenvalue weighted by molar-refractivity contribution is 5.93. The first-order valence-electron chi connectivity index (χ1n) is 8.19. The molecule has 0 spiro atoms. The Morgan fingerprint density at radius 1 is 1.20 bits per heavy atom. The van der Waals surface area contributed by atoms with Crippen LogP contribution in [0.15, 0.2) is 52.9 Å². The minimum absolute atomic E-state index is 0.109. The number of rotatable bonds is 7. The normalized spacial score (nSPS) is 11.0. The summed E-state index contributed by atoms with van der Waals surface area (Å²) in [6.45, 7) is 3.43. The smallest absolute Gasteiger partial charge is 0.238 e. The zero-order valence-corrected chi connectivity index (χ0v) is 14.4. The fourth-order valence-corrected chi connectivity index (χ4v) is 2.60. The Hall–Kier alpha value is -2.86. The zero-order chi connectivity index (χ0) is 17.6. The molecule has 0 aliphatic rings. The third-order valence-electron chi connectivity index (χ3n) is 3.89. The number of para-hydroxylation sites is 4. The van der Waals surface area contributed by atoms with E-state index in [2.05, 4.69) is 10.3 Å². The van der Waals surface area contributed by atoms with Gasteiger partial charge in [0.2, 0.25) is 11.8 Å². The number of benzene rings is 2. The summed E-state index contributed by atoms with van der Waals surface area (Å²) >= 11 is 0. The first-order valence-corrected chi connectivity index (χ1v) is 8.19. The Morgan fingerprint density at radius 2 is 1.96 bits per heavy atom. The average Bonchev–Trinajstić information content (AvgIpc) is 3.03. The number of ether oxygens (including phenoxy) is 1. The van der Waals surface area contributed by atoms with Crippen LogP contribution in [0, 0.1) is 0 Å². The van der Waals surface area contributed by atoms with E-state index in [0.29, 0.717) is 30.4 Å². The van der Waals surface area contributed by atoms with Gasteiger partial charge >= 0.3 is 0 Å². The minimum Gasteiger partial charge on any atom is -0.495 e. The first-order chi connectivity index (χ1) is 12.2. The van der Waals surface area contributed by atoms with Crippen LogP contribution in [0.4, 0.5) is 5.69 Å². The number of aromatic nitrogens is 1. The number of nitrogens with one attached hydrogen (secondary N) is 1. The van der Waals surface area contributed by atoms with E-state index in [-0.39, 0.29) is 12.5 Å². The molecule has 3 aromatic rings. The summed E-state index contributed by atoms with van der Waals surface area (Å²) in [5.41, 5.74) is 2.24. The van der Waals surface area contributed by atoms with Crippen molar-refractivity contribution in [3.63, 3.8) is 0 Å². The predicted octanol–water partition coefficient (Wildman–Crippen LogP) is 3.30. The summed E-state index contributed by atoms with van der Waals surface area (Å²) in [4.78, 5) is 18.8. The molecule has 130 valence electrons. The van der Waals surface area contributed by atoms with Crippen LogP contribution in [-0.4, -0.2) is 36.0 Å². The number of anilines is 1. The van der Waals surface area contributed by atoms with Gasteiger partial charge in [0.05, 0.1) is 25.9 Å². The summed E-state index contributed by atoms with van der Waals surface area (Å²) in [5.74, 6) is 1.13. The van der Waals surface area contributed by atoms with Crippen LogP contribution in [0.3, 0.4) is 0 Å². The number of nitrogens with zero attached hydrogens (tertiary/aromatic N) is 2. The summed E-state index contributed by atoms with van der Waals surface area (Å²) in [7, 11) is 1.58. The van der Waals surface area contributed by atoms with Crippen LogP contribution in [0.2, 0.25) is 0 Å². The molecule has 1 amide bonds. The molecule has 6 nitrogen and oxygen atoms in total. The third kappa shape index (κ3) is 4.16. The van der Waals surface area contributed by atoms with Crippen LogP contribution in [0.25, 0.3) is 11.1 Å². The maximum Gasteiger partial charge on any atom is 0.238 e. The van der Waals surface area contributed by atoms with E-state index >= 15 is 0 Å². The molecule has 0 unspecified atom stereocenters. The number of likely N-dealkylation sites (N-methyl/N-ethyl adjacent to an activating group) is 1. The van der Waals surface area contributed by atoms with Gasteiger partial charge in [-0.15, -0.1) is 0 Å². The van der Waals surface area contributed by atoms with Crippen molar-refractivity contribution in [2.24, 2.45) is 0 Å². The van der Waals surface area contributed by atoms with E-state index in [0.717, 1.165) is 11.1 Å². The van der Waals surface area contributed by atoms with E-state index in [1.165, 1.54) is 0 Å². The van der Waals surface area contributed by atoms with Gasteiger partial charge in [0.15, 0.2) is 5.58 Å². The van der Waals surface area contributed by atoms with Gasteiger partial charge in [0.25, 0.3) is 0 Å². The fraction of sp³-hybridized carbons (Fsp3) is 0.263. The molecule has 0 atom stereocenters. The van der Waals surface area contributed by atoms with Crippen molar-refractivity contribution in [2.45, 2.75) is 13.5 Å². The van der Waals surface area contributed by atoms with Crippen molar-refractivity contribution in [1.29, 1.82) is 0 Å². The lowest BCUT2D eigenvalue weighted by molar-refractivity contribution is -0.117. The number of methoxy groups -OCH3 is 1. The quantitative estimate of drug-likeness (QED) is 0.715. The minimum atomic E-state index is -0.109. The van der Waals surface area contributed by atoms with Crippen LogP contribution in [0.1, 0.15) is 12.8 Å². The van der Waals surface area contributed by atoms with Crippen molar-refractivity contribution in [1.82, 2.24) is 9.88 Å². The number of carbonyl (C=O) groups excluding carboxylic acids is 1. The largest absolute Gasteiger partial charge is 0.495 e. The second-order valence-electron chi connectivity index (χ2n) is 5.63. The SMILES string of the molecule is CCN(CC(=O)Nc1ccccc1OC)Cc1nc2ccccc2o1. The van der Waals surface area contributed by atoms with Crippen molar-refractivity contribution in [3.05, 3.63) is 54.4 Å². The maximum atomic E-state index is 12.4. The molecule has 1 N–H and O–H groups in total. The highest BCUT2D eigenvalue weighted by atomic mass is 16.5. The lowest BCUT2D eigenvalue weighted by Crippen LogP contribution is -2.32. The highest BCUT2D eigenvalue weighted by Gasteiger charge is 2.14. The molecule has 0 bridgehead atoms. The van der Waals surface area contributed by atoms with Crippen molar-refractivity contribution >= 4 is 22.7 Å². The molecule has 0 saturated carbocycles. The molecule has 2 aromatic carbocycles. The summed E-state index contributed by atoms with van der Waals surface area (Å²) in [6, 6.07) is 15.0. The Labute approximate surface area is 146 Å². The van der Waals surface area contributed by atoms with Crippen molar-refractivity contribution in [2.75, 3.05) is 25.5 Å². The molecule has 6 heteroatoms. The van der Waals surface area contributed by atoms with Gasteiger partial charge in [-0.1, -0.05) is 31.2 Å². The number of fused-ring (bicyclic) bond motifs is 1. The number of hydrogen-bond donors (Lipinski definition) is 1. The van der Waals surface area contributed by atoms with Crippen molar-refractivity contribution in [3.8, 4) is 5.75 Å². The fourth-order valence-electron chi connectivity index (χ4n) is 2.60. The van der Waals surface area contributed by atoms with Crippen LogP contribution in [0.5, 0.6) is 5.75 Å². The number of oxazole rings is 1. The monoisotopic (exact) mass is 339 g/mol. The zero-order valence-electron chi connectivity index (χ0n) is 14.4. The lowest BCUT2D eigenvalue weighted by Gasteiger charge is -2.18. The van der Waals surface area contributed by atoms with E-state index in [1.54, 1.807) is 7.11 Å². The van der Waals surface area contributed by atoms with Gasteiger partial charge in [-0.25, -0.2) is 4.98 Å². The summed E-state index contributed by atoms with van der Waals surface area (Å²) in [5, 5.41) is 2.88. The molecule has 0 aliphatic heterocycles. The van der Waals surface area contributed by atoms with Gasteiger partial charge in [-0.2, -0.15) is 0 Å². The summed E-state index contributed by atoms with van der Waals surface area (Å²) in [6.07, 6.45) is 0. The molecule has 0 radical (unpaired) electrons. The second-order valence-corrected chi connectivity index (χ2v) is 5.63. The standard InChI is InChI=1S/C19H21N3O3/c1-3-22(13-19-21-15-9-5-7-11-17(15)25-19)12-18(23)20-14-8-4-6-10-16(14)24-2/h4-11H,3,12-13H2,1-2H3,(H,20,23). The Bertz CT molecular complexity index is 827. The van der Waals surface area contributed by atoms with Gasteiger partial charge in [0, 0.05) is 0 Å². The van der Waals surface area contributed by atoms with Crippen molar-refractivity contribution < 1.29 is 13.9 Å². The topological polar surface area (TPSA) is 67.6 Å².